The molecule has 0 aliphatic heterocycles. The van der Waals surface area contributed by atoms with E-state index in [1.807, 2.05) is 19.1 Å². The average Bonchev–Trinajstić information content (AvgIpc) is 2.93. The first kappa shape index (κ1) is 29.6. The lowest BCUT2D eigenvalue weighted by Crippen LogP contribution is -2.05. The van der Waals surface area contributed by atoms with Crippen molar-refractivity contribution in [1.29, 1.82) is 0 Å². The van der Waals surface area contributed by atoms with Gasteiger partial charge in [0.05, 0.1) is 46.2 Å². The zero-order valence-corrected chi connectivity index (χ0v) is 23.4. The quantitative estimate of drug-likeness (QED) is 0.0956. The number of benzene rings is 3. The van der Waals surface area contributed by atoms with Crippen LogP contribution in [0.25, 0.3) is 0 Å². The molecule has 0 spiro atoms. The van der Waals surface area contributed by atoms with Crippen LogP contribution in [0.15, 0.2) is 70.9 Å². The Hall–Kier alpha value is -5.34. The zero-order valence-electron chi connectivity index (χ0n) is 21.9. The summed E-state index contributed by atoms with van der Waals surface area (Å²) >= 11 is 12.0. The number of hydrazone groups is 2. The number of aromatic nitrogens is 2. The molecular weight excluding hydrogens is 589 g/mol. The fourth-order valence-corrected chi connectivity index (χ4v) is 3.94. The van der Waals surface area contributed by atoms with Crippen LogP contribution < -0.4 is 20.9 Å². The molecule has 1 heterocycles. The predicted octanol–water partition coefficient (Wildman–Crippen LogP) is 6.55. The molecule has 0 amide bonds. The Morgan fingerprint density at radius 1 is 0.810 bits per heavy atom. The van der Waals surface area contributed by atoms with E-state index in [4.69, 9.17) is 27.9 Å². The first-order chi connectivity index (χ1) is 20.1. The second-order valence-corrected chi connectivity index (χ2v) is 9.32. The smallest absolute Gasteiger partial charge is 0.278 e. The van der Waals surface area contributed by atoms with Crippen molar-refractivity contribution >= 4 is 70.3 Å². The summed E-state index contributed by atoms with van der Waals surface area (Å²) in [6, 6.07) is 15.1. The molecule has 3 N–H and O–H groups in total. The molecule has 0 radical (unpaired) electrons. The highest BCUT2D eigenvalue weighted by Gasteiger charge is 2.14. The molecule has 0 bridgehead atoms. The summed E-state index contributed by atoms with van der Waals surface area (Å²) in [6.07, 6.45) is 2.46. The van der Waals surface area contributed by atoms with Crippen LogP contribution in [0.1, 0.15) is 16.7 Å². The van der Waals surface area contributed by atoms with Crippen LogP contribution in [0.5, 0.6) is 5.75 Å². The zero-order chi connectivity index (χ0) is 30.2. The van der Waals surface area contributed by atoms with Crippen LogP contribution in [-0.2, 0) is 0 Å². The summed E-state index contributed by atoms with van der Waals surface area (Å²) in [4.78, 5) is 30.4. The van der Waals surface area contributed by atoms with Crippen molar-refractivity contribution in [3.63, 3.8) is 0 Å². The minimum atomic E-state index is -0.552. The molecule has 3 aromatic carbocycles. The van der Waals surface area contributed by atoms with Gasteiger partial charge in [-0.25, -0.2) is 0 Å². The minimum Gasteiger partial charge on any atom is -0.495 e. The number of anilines is 4. The molecule has 0 unspecified atom stereocenters. The van der Waals surface area contributed by atoms with Crippen molar-refractivity contribution in [2.45, 2.75) is 6.92 Å². The van der Waals surface area contributed by atoms with E-state index >= 15 is 0 Å². The van der Waals surface area contributed by atoms with Gasteiger partial charge in [-0.3, -0.25) is 31.1 Å². The van der Waals surface area contributed by atoms with Crippen LogP contribution in [0.4, 0.5) is 34.6 Å². The highest BCUT2D eigenvalue weighted by molar-refractivity contribution is 6.31. The molecule has 0 saturated carbocycles. The lowest BCUT2D eigenvalue weighted by Gasteiger charge is -2.12. The Labute approximate surface area is 248 Å². The van der Waals surface area contributed by atoms with Gasteiger partial charge in [0.25, 0.3) is 11.4 Å². The third-order valence-electron chi connectivity index (χ3n) is 5.47. The lowest BCUT2D eigenvalue weighted by atomic mass is 10.2. The van der Waals surface area contributed by atoms with Crippen molar-refractivity contribution < 1.29 is 14.6 Å². The maximum atomic E-state index is 11.4. The SMILES string of the molecule is COc1ccc(C)cc1Nc1nc(NN=Cc2cc(Cl)ccc2[N+](=O)[O-])cc(NN=Cc2cc(Cl)ccc2[N+](=O)[O-])n1. The van der Waals surface area contributed by atoms with Crippen LogP contribution in [0, 0.1) is 27.2 Å². The van der Waals surface area contributed by atoms with Crippen LogP contribution >= 0.6 is 23.2 Å². The van der Waals surface area contributed by atoms with Gasteiger partial charge in [0.2, 0.25) is 5.95 Å². The molecule has 16 heteroatoms. The highest BCUT2D eigenvalue weighted by Crippen LogP contribution is 2.29. The van der Waals surface area contributed by atoms with E-state index in [1.54, 1.807) is 6.07 Å². The van der Waals surface area contributed by atoms with Gasteiger partial charge in [0, 0.05) is 28.2 Å². The largest absolute Gasteiger partial charge is 0.495 e. The van der Waals surface area contributed by atoms with Gasteiger partial charge < -0.3 is 10.1 Å². The normalized spacial score (nSPS) is 11.0. The maximum absolute atomic E-state index is 11.4. The van der Waals surface area contributed by atoms with Crippen LogP contribution in [-0.4, -0.2) is 39.4 Å². The number of hydrogen-bond acceptors (Lipinski definition) is 12. The average molecular weight is 610 g/mol. The number of rotatable bonds is 11. The van der Waals surface area contributed by atoms with Crippen molar-refractivity contribution in [3.05, 3.63) is 108 Å². The molecule has 0 aliphatic rings. The highest BCUT2D eigenvalue weighted by atomic mass is 35.5. The van der Waals surface area contributed by atoms with Gasteiger partial charge in [-0.2, -0.15) is 20.2 Å². The third kappa shape index (κ3) is 7.65. The number of nitro benzene ring substituents is 2. The second kappa shape index (κ2) is 13.3. The Morgan fingerprint density at radius 3 is 1.81 bits per heavy atom. The molecule has 0 saturated heterocycles. The van der Waals surface area contributed by atoms with Crippen molar-refractivity contribution in [2.24, 2.45) is 10.2 Å². The minimum absolute atomic E-state index is 0.110. The van der Waals surface area contributed by atoms with Gasteiger partial charge >= 0.3 is 0 Å². The van der Waals surface area contributed by atoms with E-state index in [0.717, 1.165) is 5.56 Å². The summed E-state index contributed by atoms with van der Waals surface area (Å²) in [5.41, 5.74) is 6.91. The number of hydrogen-bond donors (Lipinski definition) is 3. The Kier molecular flexibility index (Phi) is 9.42. The summed E-state index contributed by atoms with van der Waals surface area (Å²) < 4.78 is 5.41. The lowest BCUT2D eigenvalue weighted by molar-refractivity contribution is -0.385. The molecule has 14 nitrogen and oxygen atoms in total. The van der Waals surface area contributed by atoms with E-state index < -0.39 is 9.85 Å². The Bertz CT molecular complexity index is 1620. The number of nitrogens with zero attached hydrogens (tertiary/aromatic N) is 6. The van der Waals surface area contributed by atoms with E-state index in [-0.39, 0.29) is 40.1 Å². The number of ether oxygens (including phenoxy) is 1. The number of aryl methyl sites for hydroxylation is 1. The van der Waals surface area contributed by atoms with Gasteiger partial charge in [-0.05, 0) is 48.9 Å². The summed E-state index contributed by atoms with van der Waals surface area (Å²) in [6.45, 7) is 1.91. The molecule has 1 aromatic heterocycles. The van der Waals surface area contributed by atoms with E-state index in [1.165, 1.54) is 62.0 Å². The molecule has 4 rings (SSSR count). The summed E-state index contributed by atoms with van der Waals surface area (Å²) in [7, 11) is 1.52. The second-order valence-electron chi connectivity index (χ2n) is 8.45. The summed E-state index contributed by atoms with van der Waals surface area (Å²) in [5.74, 6) is 0.992. The standard InChI is InChI=1S/C26H21Cl2N9O5/c1-15-3-8-23(42-2)20(9-15)31-26-32-24(34-29-13-16-10-18(27)4-6-21(16)36(38)39)12-25(33-26)35-30-14-17-11-19(28)5-7-22(17)37(40)41/h3-14H,1-2H3,(H3,31,32,33,34,35). The first-order valence-electron chi connectivity index (χ1n) is 11.9. The molecule has 0 atom stereocenters. The van der Waals surface area contributed by atoms with Gasteiger partial charge in [0.15, 0.2) is 11.6 Å². The van der Waals surface area contributed by atoms with Crippen LogP contribution in [0.3, 0.4) is 0 Å². The molecule has 0 fully saturated rings. The van der Waals surface area contributed by atoms with E-state index in [9.17, 15) is 20.2 Å². The Morgan fingerprint density at radius 2 is 1.33 bits per heavy atom. The van der Waals surface area contributed by atoms with Crippen molar-refractivity contribution in [2.75, 3.05) is 23.3 Å². The fraction of sp³-hybridized carbons (Fsp3) is 0.0769. The molecule has 214 valence electrons. The van der Waals surface area contributed by atoms with Gasteiger partial charge in [0.1, 0.15) is 5.75 Å². The Balaban J connectivity index is 1.65. The fourth-order valence-electron chi connectivity index (χ4n) is 3.58. The first-order valence-corrected chi connectivity index (χ1v) is 12.7. The summed E-state index contributed by atoms with van der Waals surface area (Å²) in [5, 5.41) is 34.5. The molecule has 0 aliphatic carbocycles. The molecule has 42 heavy (non-hydrogen) atoms. The number of halogens is 2. The predicted molar refractivity (Wildman–Crippen MR) is 162 cm³/mol. The van der Waals surface area contributed by atoms with E-state index in [0.29, 0.717) is 21.5 Å². The molecule has 4 aromatic rings. The van der Waals surface area contributed by atoms with Crippen molar-refractivity contribution in [3.8, 4) is 5.75 Å². The molecular formula is C26H21Cl2N9O5. The number of nitrogens with one attached hydrogen (secondary N) is 3. The van der Waals surface area contributed by atoms with Crippen LogP contribution in [0.2, 0.25) is 10.0 Å². The number of nitro groups is 2. The maximum Gasteiger partial charge on any atom is 0.278 e. The van der Waals surface area contributed by atoms with Gasteiger partial charge in [-0.15, -0.1) is 0 Å². The van der Waals surface area contributed by atoms with E-state index in [2.05, 4.69) is 36.3 Å². The van der Waals surface area contributed by atoms with Crippen molar-refractivity contribution in [1.82, 2.24) is 9.97 Å². The third-order valence-corrected chi connectivity index (χ3v) is 5.94. The topological polar surface area (TPSA) is 182 Å². The van der Waals surface area contributed by atoms with Gasteiger partial charge in [-0.1, -0.05) is 29.3 Å². The monoisotopic (exact) mass is 609 g/mol. The number of methoxy groups -OCH3 is 1.